The number of anilines is 2. The largest absolute Gasteiger partial charge is 0.465 e. The number of nitrogens with one attached hydrogen (secondary N) is 1. The van der Waals surface area contributed by atoms with Gasteiger partial charge in [-0.1, -0.05) is 17.7 Å². The third kappa shape index (κ3) is 3.74. The van der Waals surface area contributed by atoms with E-state index in [0.29, 0.717) is 26.1 Å². The van der Waals surface area contributed by atoms with Crippen LogP contribution in [0, 0.1) is 13.8 Å². The van der Waals surface area contributed by atoms with Crippen LogP contribution in [0.2, 0.25) is 0 Å². The van der Waals surface area contributed by atoms with Crippen molar-refractivity contribution in [1.29, 1.82) is 0 Å². The van der Waals surface area contributed by atoms with Crippen LogP contribution in [0.1, 0.15) is 43.1 Å². The van der Waals surface area contributed by atoms with Gasteiger partial charge in [0, 0.05) is 12.2 Å². The molecule has 0 fully saturated rings. The first-order chi connectivity index (χ1) is 13.4. The van der Waals surface area contributed by atoms with E-state index < -0.39 is 11.9 Å². The Bertz CT molecular complexity index is 952. The number of hydrogen-bond acceptors (Lipinski definition) is 6. The molecule has 1 aliphatic heterocycles. The van der Waals surface area contributed by atoms with Crippen LogP contribution >= 0.6 is 23.6 Å². The molecule has 3 rings (SSSR count). The minimum absolute atomic E-state index is 0.302. The molecule has 0 saturated heterocycles. The zero-order valence-corrected chi connectivity index (χ0v) is 17.9. The van der Waals surface area contributed by atoms with Gasteiger partial charge in [0.05, 0.1) is 19.8 Å². The number of nitrogens with zero attached hydrogens (tertiary/aromatic N) is 1. The third-order valence-corrected chi connectivity index (χ3v) is 6.24. The van der Waals surface area contributed by atoms with E-state index in [0.717, 1.165) is 36.4 Å². The number of aryl methyl sites for hydroxylation is 2. The summed E-state index contributed by atoms with van der Waals surface area (Å²) in [6.45, 7) is 4.55. The van der Waals surface area contributed by atoms with Crippen molar-refractivity contribution in [3.8, 4) is 0 Å². The highest BCUT2D eigenvalue weighted by atomic mass is 32.1. The monoisotopic (exact) mass is 418 g/mol. The van der Waals surface area contributed by atoms with Crippen molar-refractivity contribution in [2.24, 2.45) is 0 Å². The summed E-state index contributed by atoms with van der Waals surface area (Å²) < 4.78 is 9.73. The molecule has 1 N–H and O–H groups in total. The average molecular weight is 419 g/mol. The summed E-state index contributed by atoms with van der Waals surface area (Å²) in [6, 6.07) is 6.30. The number of hydrogen-bond donors (Lipinski definition) is 1. The highest BCUT2D eigenvalue weighted by Gasteiger charge is 2.28. The van der Waals surface area contributed by atoms with E-state index in [1.54, 1.807) is 6.92 Å². The molecule has 0 radical (unpaired) electrons. The van der Waals surface area contributed by atoms with E-state index in [9.17, 15) is 9.59 Å². The SMILES string of the molecule is COC(=O)c1sc(NC(=S)N2CCCc3cc(C)ccc32)c(C(=O)OC)c1C. The lowest BCUT2D eigenvalue weighted by Gasteiger charge is -2.32. The molecule has 148 valence electrons. The Labute approximate surface area is 173 Å². The molecular weight excluding hydrogens is 396 g/mol. The normalized spacial score (nSPS) is 12.9. The lowest BCUT2D eigenvalue weighted by Crippen LogP contribution is -2.38. The Morgan fingerprint density at radius 1 is 1.18 bits per heavy atom. The van der Waals surface area contributed by atoms with Gasteiger partial charge in [-0.15, -0.1) is 11.3 Å². The van der Waals surface area contributed by atoms with Crippen LogP contribution in [0.4, 0.5) is 10.7 Å². The van der Waals surface area contributed by atoms with Gasteiger partial charge in [0.2, 0.25) is 0 Å². The molecule has 1 aliphatic rings. The maximum absolute atomic E-state index is 12.3. The summed E-state index contributed by atoms with van der Waals surface area (Å²) in [5, 5.41) is 4.12. The molecule has 1 aromatic carbocycles. The molecule has 0 saturated carbocycles. The fourth-order valence-electron chi connectivity index (χ4n) is 3.34. The smallest absolute Gasteiger partial charge is 0.348 e. The van der Waals surface area contributed by atoms with Crippen molar-refractivity contribution in [2.45, 2.75) is 26.7 Å². The maximum Gasteiger partial charge on any atom is 0.348 e. The molecule has 6 nitrogen and oxygen atoms in total. The number of benzene rings is 1. The first-order valence-corrected chi connectivity index (χ1v) is 10.1. The summed E-state index contributed by atoms with van der Waals surface area (Å²) in [5.41, 5.74) is 4.35. The Morgan fingerprint density at radius 3 is 2.57 bits per heavy atom. The van der Waals surface area contributed by atoms with Gasteiger partial charge in [0.1, 0.15) is 9.88 Å². The first kappa shape index (κ1) is 20.3. The second-order valence-electron chi connectivity index (χ2n) is 6.56. The Kier molecular flexibility index (Phi) is 6.00. The molecule has 0 unspecified atom stereocenters. The second-order valence-corrected chi connectivity index (χ2v) is 7.97. The van der Waals surface area contributed by atoms with Gasteiger partial charge in [0.25, 0.3) is 0 Å². The Balaban J connectivity index is 1.95. The summed E-state index contributed by atoms with van der Waals surface area (Å²) in [4.78, 5) is 26.7. The summed E-state index contributed by atoms with van der Waals surface area (Å²) in [6.07, 6.45) is 1.99. The maximum atomic E-state index is 12.3. The fraction of sp³-hybridized carbons (Fsp3) is 0.350. The molecule has 0 atom stereocenters. The Hall–Kier alpha value is -2.45. The van der Waals surface area contributed by atoms with Gasteiger partial charge in [-0.3, -0.25) is 0 Å². The van der Waals surface area contributed by atoms with Crippen LogP contribution in [-0.4, -0.2) is 37.8 Å². The molecule has 0 amide bonds. The van der Waals surface area contributed by atoms with Gasteiger partial charge in [-0.2, -0.15) is 0 Å². The van der Waals surface area contributed by atoms with Crippen LogP contribution < -0.4 is 10.2 Å². The van der Waals surface area contributed by atoms with E-state index in [4.69, 9.17) is 21.7 Å². The number of carbonyl (C=O) groups excluding carboxylic acids is 2. The number of esters is 2. The van der Waals surface area contributed by atoms with Gasteiger partial charge in [-0.05, 0) is 56.1 Å². The molecular formula is C20H22N2O4S2. The van der Waals surface area contributed by atoms with Crippen molar-refractivity contribution >= 4 is 51.3 Å². The van der Waals surface area contributed by atoms with Crippen molar-refractivity contribution in [3.63, 3.8) is 0 Å². The summed E-state index contributed by atoms with van der Waals surface area (Å²) in [5.74, 6) is -1.02. The number of rotatable bonds is 3. The molecule has 2 aromatic rings. The molecule has 8 heteroatoms. The van der Waals surface area contributed by atoms with Gasteiger partial charge >= 0.3 is 11.9 Å². The van der Waals surface area contributed by atoms with E-state index in [2.05, 4.69) is 30.4 Å². The van der Waals surface area contributed by atoms with Gasteiger partial charge in [0.15, 0.2) is 5.11 Å². The van der Waals surface area contributed by atoms with E-state index in [-0.39, 0.29) is 0 Å². The van der Waals surface area contributed by atoms with Gasteiger partial charge in [-0.25, -0.2) is 9.59 Å². The number of fused-ring (bicyclic) bond motifs is 1. The quantitative estimate of drug-likeness (QED) is 0.595. The fourth-order valence-corrected chi connectivity index (χ4v) is 4.81. The van der Waals surface area contributed by atoms with Crippen LogP contribution in [0.3, 0.4) is 0 Å². The van der Waals surface area contributed by atoms with Gasteiger partial charge < -0.3 is 19.7 Å². The number of thiocarbonyl (C=S) groups is 1. The summed E-state index contributed by atoms with van der Waals surface area (Å²) in [7, 11) is 2.62. The second kappa shape index (κ2) is 8.28. The lowest BCUT2D eigenvalue weighted by molar-refractivity contribution is 0.0601. The minimum atomic E-state index is -0.524. The first-order valence-electron chi connectivity index (χ1n) is 8.85. The molecule has 28 heavy (non-hydrogen) atoms. The van der Waals surface area contributed by atoms with E-state index in [1.165, 1.54) is 25.3 Å². The lowest BCUT2D eigenvalue weighted by atomic mass is 10.00. The van der Waals surface area contributed by atoms with Crippen molar-refractivity contribution in [3.05, 3.63) is 45.3 Å². The Morgan fingerprint density at radius 2 is 1.89 bits per heavy atom. The summed E-state index contributed by atoms with van der Waals surface area (Å²) >= 11 is 6.79. The number of carbonyl (C=O) groups is 2. The minimum Gasteiger partial charge on any atom is -0.465 e. The van der Waals surface area contributed by atoms with E-state index >= 15 is 0 Å². The van der Waals surface area contributed by atoms with Crippen LogP contribution in [0.15, 0.2) is 18.2 Å². The van der Waals surface area contributed by atoms with Crippen LogP contribution in [0.25, 0.3) is 0 Å². The highest BCUT2D eigenvalue weighted by molar-refractivity contribution is 7.80. The standard InChI is InChI=1S/C20H22N2O4S2/c1-11-7-8-14-13(10-11)6-5-9-22(14)20(27)21-17-15(18(23)25-3)12(2)16(28-17)19(24)26-4/h7-8,10H,5-6,9H2,1-4H3,(H,21,27). The number of thiophene rings is 1. The number of methoxy groups -OCH3 is 2. The average Bonchev–Trinajstić information content (AvgIpc) is 3.01. The zero-order chi connectivity index (χ0) is 20.4. The van der Waals surface area contributed by atoms with Crippen molar-refractivity contribution < 1.29 is 19.1 Å². The zero-order valence-electron chi connectivity index (χ0n) is 16.3. The predicted molar refractivity (Wildman–Crippen MR) is 115 cm³/mol. The number of ether oxygens (including phenoxy) is 2. The van der Waals surface area contributed by atoms with Crippen LogP contribution in [-0.2, 0) is 15.9 Å². The van der Waals surface area contributed by atoms with E-state index in [1.807, 2.05) is 4.90 Å². The predicted octanol–water partition coefficient (Wildman–Crippen LogP) is 4.09. The molecule has 0 aliphatic carbocycles. The molecule has 1 aromatic heterocycles. The van der Waals surface area contributed by atoms with Crippen molar-refractivity contribution in [2.75, 3.05) is 31.0 Å². The van der Waals surface area contributed by atoms with Crippen LogP contribution in [0.5, 0.6) is 0 Å². The third-order valence-electron chi connectivity index (χ3n) is 4.73. The molecule has 0 spiro atoms. The molecule has 0 bridgehead atoms. The topological polar surface area (TPSA) is 67.9 Å². The molecule has 2 heterocycles. The van der Waals surface area contributed by atoms with Crippen molar-refractivity contribution in [1.82, 2.24) is 0 Å². The highest BCUT2D eigenvalue weighted by Crippen LogP contribution is 2.35.